The van der Waals surface area contributed by atoms with E-state index in [-0.39, 0.29) is 24.2 Å². The zero-order valence-corrected chi connectivity index (χ0v) is 23.2. The molecule has 35 heavy (non-hydrogen) atoms. The van der Waals surface area contributed by atoms with Crippen LogP contribution in [0, 0.1) is 34.5 Å². The van der Waals surface area contributed by atoms with Gasteiger partial charge in [0.25, 0.3) is 0 Å². The molecule has 0 aromatic heterocycles. The largest absolute Gasteiger partial charge is 0.481 e. The smallest absolute Gasteiger partial charge is 0.309 e. The van der Waals surface area contributed by atoms with Gasteiger partial charge in [-0.2, -0.15) is 0 Å². The number of unbranched alkanes of at least 4 members (excludes halogenated alkanes) is 2. The van der Waals surface area contributed by atoms with Gasteiger partial charge in [0.2, 0.25) is 0 Å². The van der Waals surface area contributed by atoms with Crippen LogP contribution >= 0.6 is 0 Å². The van der Waals surface area contributed by atoms with Crippen LogP contribution in [-0.4, -0.2) is 45.2 Å². The number of carboxylic acid groups (broad SMARTS) is 1. The zero-order valence-electron chi connectivity index (χ0n) is 23.2. The van der Waals surface area contributed by atoms with Crippen LogP contribution in [-0.2, 0) is 4.79 Å². The summed E-state index contributed by atoms with van der Waals surface area (Å²) in [5.41, 5.74) is -0.663. The van der Waals surface area contributed by atoms with Gasteiger partial charge in [-0.1, -0.05) is 52.4 Å². The first-order valence-electron chi connectivity index (χ1n) is 14.7. The molecule has 6 atom stereocenters. The van der Waals surface area contributed by atoms with E-state index in [0.29, 0.717) is 30.1 Å². The standard InChI is InChI=1S/C30H56O5/c1-29(2,21-31)19-7-5-11-22-13-9-15-24(26(22)32)17-18-25-16-10-14-23(27(25)33)12-6-8-20-30(3,4)28(34)35/h22-27,31-33H,5-21H2,1-4H3,(H,34,35). The summed E-state index contributed by atoms with van der Waals surface area (Å²) in [6.45, 7) is 8.05. The molecule has 2 saturated carbocycles. The van der Waals surface area contributed by atoms with E-state index in [0.717, 1.165) is 83.5 Å². The van der Waals surface area contributed by atoms with E-state index in [4.69, 9.17) is 0 Å². The van der Waals surface area contributed by atoms with Crippen molar-refractivity contribution in [1.82, 2.24) is 0 Å². The Bertz CT molecular complexity index is 616. The number of hydrogen-bond acceptors (Lipinski definition) is 4. The molecule has 4 N–H and O–H groups in total. The van der Waals surface area contributed by atoms with E-state index in [1.165, 1.54) is 12.8 Å². The SMILES string of the molecule is CC(C)(CO)CCCCC1CCCC(CCC2CCCC(CCCCC(C)(C)C(=O)O)C2O)C1O. The molecule has 2 aliphatic carbocycles. The molecule has 0 aromatic rings. The number of carboxylic acids is 1. The Morgan fingerprint density at radius 2 is 1.09 bits per heavy atom. The molecule has 0 amide bonds. The maximum atomic E-state index is 11.3. The van der Waals surface area contributed by atoms with Gasteiger partial charge < -0.3 is 20.4 Å². The number of carbonyl (C=O) groups is 1. The Labute approximate surface area is 215 Å². The Morgan fingerprint density at radius 3 is 1.49 bits per heavy atom. The minimum atomic E-state index is -0.729. The van der Waals surface area contributed by atoms with E-state index in [1.807, 2.05) is 0 Å². The van der Waals surface area contributed by atoms with Crippen LogP contribution in [0.4, 0.5) is 0 Å². The summed E-state index contributed by atoms with van der Waals surface area (Å²) in [7, 11) is 0. The predicted molar refractivity (Wildman–Crippen MR) is 142 cm³/mol. The fourth-order valence-corrected chi connectivity index (χ4v) is 6.60. The molecule has 5 nitrogen and oxygen atoms in total. The molecule has 0 radical (unpaired) electrons. The quantitative estimate of drug-likeness (QED) is 0.192. The minimum absolute atomic E-state index is 0.00146. The van der Waals surface area contributed by atoms with Gasteiger partial charge in [-0.05, 0) is 107 Å². The molecule has 5 heteroatoms. The third kappa shape index (κ3) is 9.97. The molecule has 2 fully saturated rings. The second kappa shape index (κ2) is 14.3. The highest BCUT2D eigenvalue weighted by atomic mass is 16.4. The zero-order chi connectivity index (χ0) is 26.1. The summed E-state index contributed by atoms with van der Waals surface area (Å²) in [5.74, 6) is 0.734. The van der Waals surface area contributed by atoms with Crippen molar-refractivity contribution in [3.63, 3.8) is 0 Å². The van der Waals surface area contributed by atoms with Crippen molar-refractivity contribution < 1.29 is 25.2 Å². The average molecular weight is 497 g/mol. The number of hydrogen-bond donors (Lipinski definition) is 4. The van der Waals surface area contributed by atoms with Crippen LogP contribution in [0.2, 0.25) is 0 Å². The monoisotopic (exact) mass is 496 g/mol. The minimum Gasteiger partial charge on any atom is -0.481 e. The lowest BCUT2D eigenvalue weighted by molar-refractivity contribution is -0.147. The van der Waals surface area contributed by atoms with Crippen LogP contribution in [0.25, 0.3) is 0 Å². The van der Waals surface area contributed by atoms with E-state index in [1.54, 1.807) is 13.8 Å². The number of aliphatic hydroxyl groups excluding tert-OH is 3. The van der Waals surface area contributed by atoms with Gasteiger partial charge in [-0.15, -0.1) is 0 Å². The summed E-state index contributed by atoms with van der Waals surface area (Å²) in [5, 5.41) is 40.9. The van der Waals surface area contributed by atoms with Crippen LogP contribution < -0.4 is 0 Å². The molecular weight excluding hydrogens is 440 g/mol. The highest BCUT2D eigenvalue weighted by Gasteiger charge is 2.35. The van der Waals surface area contributed by atoms with Gasteiger partial charge in [0, 0.05) is 6.61 Å². The molecule has 2 aliphatic rings. The predicted octanol–water partition coefficient (Wildman–Crippen LogP) is 6.57. The Kier molecular flexibility index (Phi) is 12.5. The van der Waals surface area contributed by atoms with E-state index >= 15 is 0 Å². The van der Waals surface area contributed by atoms with Gasteiger partial charge >= 0.3 is 5.97 Å². The molecule has 0 saturated heterocycles. The molecule has 6 unspecified atom stereocenters. The number of aliphatic hydroxyl groups is 3. The van der Waals surface area contributed by atoms with Gasteiger partial charge in [0.05, 0.1) is 17.6 Å². The van der Waals surface area contributed by atoms with Crippen molar-refractivity contribution >= 4 is 5.97 Å². The Balaban J connectivity index is 1.72. The molecule has 0 aromatic carbocycles. The molecule has 206 valence electrons. The van der Waals surface area contributed by atoms with Crippen molar-refractivity contribution in [3.8, 4) is 0 Å². The molecule has 0 heterocycles. The number of aliphatic carboxylic acids is 1. The summed E-state index contributed by atoms with van der Waals surface area (Å²) in [4.78, 5) is 11.3. The summed E-state index contributed by atoms with van der Waals surface area (Å²) >= 11 is 0. The first-order chi connectivity index (χ1) is 16.5. The van der Waals surface area contributed by atoms with E-state index in [9.17, 15) is 25.2 Å². The van der Waals surface area contributed by atoms with Crippen molar-refractivity contribution in [2.75, 3.05) is 6.61 Å². The Morgan fingerprint density at radius 1 is 0.686 bits per heavy atom. The highest BCUT2D eigenvalue weighted by molar-refractivity contribution is 5.73. The van der Waals surface area contributed by atoms with Crippen LogP contribution in [0.5, 0.6) is 0 Å². The first kappa shape index (κ1) is 30.6. The third-order valence-corrected chi connectivity index (χ3v) is 9.45. The normalized spacial score (nSPS) is 30.4. The van der Waals surface area contributed by atoms with Gasteiger partial charge in [0.1, 0.15) is 0 Å². The van der Waals surface area contributed by atoms with Gasteiger partial charge in [0.15, 0.2) is 0 Å². The second-order valence-corrected chi connectivity index (χ2v) is 13.5. The molecule has 2 rings (SSSR count). The lowest BCUT2D eigenvalue weighted by atomic mass is 9.70. The lowest BCUT2D eigenvalue weighted by Gasteiger charge is -2.38. The number of rotatable bonds is 15. The van der Waals surface area contributed by atoms with Crippen LogP contribution in [0.1, 0.15) is 130 Å². The maximum absolute atomic E-state index is 11.3. The third-order valence-electron chi connectivity index (χ3n) is 9.45. The second-order valence-electron chi connectivity index (χ2n) is 13.5. The summed E-state index contributed by atoms with van der Waals surface area (Å²) in [6.07, 6.45) is 16.3. The molecule has 0 bridgehead atoms. The maximum Gasteiger partial charge on any atom is 0.309 e. The first-order valence-corrected chi connectivity index (χ1v) is 14.7. The highest BCUT2D eigenvalue weighted by Crippen LogP contribution is 2.40. The van der Waals surface area contributed by atoms with Crippen molar-refractivity contribution in [2.45, 2.75) is 143 Å². The summed E-state index contributed by atoms with van der Waals surface area (Å²) < 4.78 is 0. The summed E-state index contributed by atoms with van der Waals surface area (Å²) in [6, 6.07) is 0. The molecule has 0 aliphatic heterocycles. The van der Waals surface area contributed by atoms with Crippen molar-refractivity contribution in [3.05, 3.63) is 0 Å². The van der Waals surface area contributed by atoms with Crippen molar-refractivity contribution in [2.24, 2.45) is 34.5 Å². The lowest BCUT2D eigenvalue weighted by Crippen LogP contribution is -2.36. The van der Waals surface area contributed by atoms with Gasteiger partial charge in [-0.3, -0.25) is 4.79 Å². The van der Waals surface area contributed by atoms with Crippen molar-refractivity contribution in [1.29, 1.82) is 0 Å². The molecular formula is C30H56O5. The van der Waals surface area contributed by atoms with E-state index < -0.39 is 11.4 Å². The van der Waals surface area contributed by atoms with Crippen LogP contribution in [0.15, 0.2) is 0 Å². The van der Waals surface area contributed by atoms with Crippen LogP contribution in [0.3, 0.4) is 0 Å². The fourth-order valence-electron chi connectivity index (χ4n) is 6.60. The average Bonchev–Trinajstić information content (AvgIpc) is 2.81. The fraction of sp³-hybridized carbons (Fsp3) is 0.967. The Hall–Kier alpha value is -0.650. The van der Waals surface area contributed by atoms with Gasteiger partial charge in [-0.25, -0.2) is 0 Å². The van der Waals surface area contributed by atoms with E-state index in [2.05, 4.69) is 13.8 Å². The molecule has 0 spiro atoms. The topological polar surface area (TPSA) is 98.0 Å².